The number of nitrogens with one attached hydrogen (secondary N) is 1. The third kappa shape index (κ3) is 4.83. The summed E-state index contributed by atoms with van der Waals surface area (Å²) < 4.78 is 10.7. The molecule has 1 unspecified atom stereocenters. The quantitative estimate of drug-likeness (QED) is 0.733. The van der Waals surface area contributed by atoms with Gasteiger partial charge < -0.3 is 19.7 Å². The molecular weight excluding hydrogens is 398 g/mol. The molecule has 1 aliphatic carbocycles. The summed E-state index contributed by atoms with van der Waals surface area (Å²) in [5.41, 5.74) is 4.52. The molecule has 1 aromatic rings. The van der Waals surface area contributed by atoms with E-state index in [0.717, 1.165) is 56.2 Å². The Labute approximate surface area is 183 Å². The number of hydrogen-bond donors (Lipinski definition) is 1. The van der Waals surface area contributed by atoms with Gasteiger partial charge in [0.15, 0.2) is 0 Å². The minimum absolute atomic E-state index is 0.0928. The first kappa shape index (κ1) is 21.2. The number of morpholine rings is 1. The second kappa shape index (κ2) is 9.02. The van der Waals surface area contributed by atoms with Crippen molar-refractivity contribution in [1.29, 1.82) is 0 Å². The second-order valence-corrected chi connectivity index (χ2v) is 9.79. The largest absolute Gasteiger partial charge is 0.464 e. The molecule has 0 aromatic heterocycles. The molecule has 0 amide bonds. The number of ether oxygens (including phenoxy) is 2. The number of aliphatic imine (C=N–C) groups is 1. The van der Waals surface area contributed by atoms with Crippen LogP contribution >= 0.6 is 11.8 Å². The van der Waals surface area contributed by atoms with Crippen LogP contribution in [0, 0.1) is 5.41 Å². The van der Waals surface area contributed by atoms with E-state index in [-0.39, 0.29) is 17.4 Å². The molecular formula is C23H31N3O3S. The van der Waals surface area contributed by atoms with Crippen LogP contribution in [0.5, 0.6) is 0 Å². The first-order valence-electron chi connectivity index (χ1n) is 10.7. The summed E-state index contributed by atoms with van der Waals surface area (Å²) in [5, 5.41) is 3.45. The molecule has 7 heteroatoms. The van der Waals surface area contributed by atoms with E-state index in [4.69, 9.17) is 14.5 Å². The van der Waals surface area contributed by atoms with Gasteiger partial charge >= 0.3 is 5.97 Å². The minimum atomic E-state index is -0.281. The van der Waals surface area contributed by atoms with Crippen molar-refractivity contribution in [3.8, 4) is 0 Å². The lowest BCUT2D eigenvalue weighted by atomic mass is 9.78. The number of esters is 1. The number of rotatable bonds is 4. The molecule has 1 N–H and O–H groups in total. The van der Waals surface area contributed by atoms with E-state index in [1.165, 1.54) is 10.6 Å². The van der Waals surface area contributed by atoms with Crippen molar-refractivity contribution < 1.29 is 14.3 Å². The minimum Gasteiger partial charge on any atom is -0.464 e. The van der Waals surface area contributed by atoms with Crippen molar-refractivity contribution in [3.05, 3.63) is 34.9 Å². The number of allylic oxidation sites excluding steroid dienone is 2. The molecule has 6 nitrogen and oxygen atoms in total. The number of nitrogens with zero attached hydrogens (tertiary/aromatic N) is 2. The maximum absolute atomic E-state index is 12.2. The van der Waals surface area contributed by atoms with Crippen molar-refractivity contribution in [2.45, 2.75) is 39.7 Å². The predicted molar refractivity (Wildman–Crippen MR) is 123 cm³/mol. The maximum Gasteiger partial charge on any atom is 0.329 e. The van der Waals surface area contributed by atoms with E-state index in [2.05, 4.69) is 48.3 Å². The first-order chi connectivity index (χ1) is 14.4. The molecule has 0 spiro atoms. The Morgan fingerprint density at radius 2 is 2.00 bits per heavy atom. The molecule has 0 bridgehead atoms. The molecule has 4 rings (SSSR count). The van der Waals surface area contributed by atoms with Gasteiger partial charge in [0.05, 0.1) is 31.2 Å². The monoisotopic (exact) mass is 429 g/mol. The van der Waals surface area contributed by atoms with Crippen molar-refractivity contribution >= 4 is 34.8 Å². The lowest BCUT2D eigenvalue weighted by molar-refractivity contribution is -0.144. The topological polar surface area (TPSA) is 63.2 Å². The van der Waals surface area contributed by atoms with Crippen molar-refractivity contribution in [2.75, 3.05) is 43.6 Å². The van der Waals surface area contributed by atoms with E-state index >= 15 is 0 Å². The molecule has 30 heavy (non-hydrogen) atoms. The predicted octanol–water partition coefficient (Wildman–Crippen LogP) is 3.90. The number of carbonyl (C=O) groups is 1. The lowest BCUT2D eigenvalue weighted by Crippen LogP contribution is -2.45. The summed E-state index contributed by atoms with van der Waals surface area (Å²) >= 11 is 1.73. The third-order valence-electron chi connectivity index (χ3n) is 5.64. The zero-order valence-corrected chi connectivity index (χ0v) is 18.9. The normalized spacial score (nSPS) is 25.0. The lowest BCUT2D eigenvalue weighted by Gasteiger charge is -2.38. The number of anilines is 1. The zero-order valence-electron chi connectivity index (χ0n) is 18.1. The Kier molecular flexibility index (Phi) is 6.39. The fraction of sp³-hybridized carbons (Fsp3) is 0.565. The zero-order chi connectivity index (χ0) is 21.1. The van der Waals surface area contributed by atoms with Crippen molar-refractivity contribution in [1.82, 2.24) is 5.32 Å². The van der Waals surface area contributed by atoms with E-state index < -0.39 is 0 Å². The molecule has 162 valence electrons. The van der Waals surface area contributed by atoms with Crippen molar-refractivity contribution in [2.24, 2.45) is 10.4 Å². The summed E-state index contributed by atoms with van der Waals surface area (Å²) in [7, 11) is 0. The van der Waals surface area contributed by atoms with Crippen LogP contribution in [0.15, 0.2) is 39.9 Å². The fourth-order valence-electron chi connectivity index (χ4n) is 4.21. The molecule has 1 aromatic carbocycles. The molecule has 1 saturated heterocycles. The second-order valence-electron chi connectivity index (χ2n) is 8.76. The van der Waals surface area contributed by atoms with Crippen LogP contribution < -0.4 is 10.2 Å². The summed E-state index contributed by atoms with van der Waals surface area (Å²) in [6.07, 6.45) is 1.84. The summed E-state index contributed by atoms with van der Waals surface area (Å²) in [4.78, 5) is 20.8. The summed E-state index contributed by atoms with van der Waals surface area (Å²) in [6, 6.07) is 8.22. The van der Waals surface area contributed by atoms with Gasteiger partial charge in [0.2, 0.25) is 0 Å². The third-order valence-corrected chi connectivity index (χ3v) is 6.91. The number of benzene rings is 1. The highest BCUT2D eigenvalue weighted by Crippen LogP contribution is 2.43. The van der Waals surface area contributed by atoms with Crippen LogP contribution in [0.1, 0.15) is 33.6 Å². The SMILES string of the molecule is CCOC(=O)C1CSC2=C(CC(C)(C)C/C2=N\c2ccc(N3CCOCC3)cc2)N1. The average Bonchev–Trinajstić information content (AvgIpc) is 2.74. The van der Waals surface area contributed by atoms with Crippen molar-refractivity contribution in [3.63, 3.8) is 0 Å². The van der Waals surface area contributed by atoms with Crippen LogP contribution in [-0.4, -0.2) is 56.4 Å². The molecule has 3 aliphatic rings. The summed E-state index contributed by atoms with van der Waals surface area (Å²) in [5.74, 6) is 0.504. The highest BCUT2D eigenvalue weighted by molar-refractivity contribution is 8.04. The Hall–Kier alpha value is -1.99. The Morgan fingerprint density at radius 3 is 2.70 bits per heavy atom. The van der Waals surface area contributed by atoms with Gasteiger partial charge in [0.1, 0.15) is 6.04 Å². The van der Waals surface area contributed by atoms with Gasteiger partial charge in [0.25, 0.3) is 0 Å². The van der Waals surface area contributed by atoms with Gasteiger partial charge in [-0.15, -0.1) is 11.8 Å². The smallest absolute Gasteiger partial charge is 0.329 e. The molecule has 2 heterocycles. The van der Waals surface area contributed by atoms with Gasteiger partial charge in [0, 0.05) is 35.1 Å². The fourth-order valence-corrected chi connectivity index (χ4v) is 5.35. The van der Waals surface area contributed by atoms with Crippen LogP contribution in [0.3, 0.4) is 0 Å². The summed E-state index contributed by atoms with van der Waals surface area (Å²) in [6.45, 7) is 10.2. The highest BCUT2D eigenvalue weighted by Gasteiger charge is 2.37. The molecule has 0 radical (unpaired) electrons. The van der Waals surface area contributed by atoms with Crippen LogP contribution in [0.25, 0.3) is 0 Å². The van der Waals surface area contributed by atoms with Gasteiger partial charge in [-0.3, -0.25) is 4.99 Å². The Morgan fingerprint density at radius 1 is 1.27 bits per heavy atom. The van der Waals surface area contributed by atoms with Gasteiger partial charge in [-0.1, -0.05) is 13.8 Å². The Balaban J connectivity index is 1.55. The van der Waals surface area contributed by atoms with Gasteiger partial charge in [-0.2, -0.15) is 0 Å². The highest BCUT2D eigenvalue weighted by atomic mass is 32.2. The van der Waals surface area contributed by atoms with E-state index in [9.17, 15) is 4.79 Å². The maximum atomic E-state index is 12.2. The molecule has 2 aliphatic heterocycles. The van der Waals surface area contributed by atoms with E-state index in [0.29, 0.717) is 12.4 Å². The number of hydrogen-bond acceptors (Lipinski definition) is 7. The van der Waals surface area contributed by atoms with E-state index in [1.807, 2.05) is 6.92 Å². The van der Waals surface area contributed by atoms with Crippen LogP contribution in [0.4, 0.5) is 11.4 Å². The van der Waals surface area contributed by atoms with Gasteiger partial charge in [-0.25, -0.2) is 4.79 Å². The Bertz CT molecular complexity index is 842. The van der Waals surface area contributed by atoms with Gasteiger partial charge in [-0.05, 0) is 49.4 Å². The standard InChI is InChI=1S/C23H31N3O3S/c1-4-29-22(27)20-15-30-21-18(13-23(2,3)14-19(21)25-20)24-16-5-7-17(8-6-16)26-9-11-28-12-10-26/h5-8,20,25H,4,9-15H2,1-3H3/b24-18+. The molecule has 1 fully saturated rings. The van der Waals surface area contributed by atoms with E-state index in [1.54, 1.807) is 11.8 Å². The van der Waals surface area contributed by atoms with Crippen LogP contribution in [0.2, 0.25) is 0 Å². The average molecular weight is 430 g/mol. The number of thioether (sulfide) groups is 1. The number of carbonyl (C=O) groups excluding carboxylic acids is 1. The van der Waals surface area contributed by atoms with Crippen LogP contribution in [-0.2, 0) is 14.3 Å². The molecule has 1 atom stereocenters. The molecule has 0 saturated carbocycles. The first-order valence-corrected chi connectivity index (χ1v) is 11.7.